The Labute approximate surface area is 132 Å². The van der Waals surface area contributed by atoms with Crippen molar-refractivity contribution in [2.75, 3.05) is 12.4 Å². The molecule has 3 nitrogen and oxygen atoms in total. The number of hydrogen-bond donors (Lipinski definition) is 1. The average molecular weight is 352 g/mol. The summed E-state index contributed by atoms with van der Waals surface area (Å²) in [6.45, 7) is 4.18. The molecule has 1 aromatic carbocycles. The first kappa shape index (κ1) is 15.3. The van der Waals surface area contributed by atoms with Gasteiger partial charge in [-0.25, -0.2) is 9.97 Å². The monoisotopic (exact) mass is 351 g/mol. The van der Waals surface area contributed by atoms with E-state index in [1.165, 1.54) is 10.5 Å². The average Bonchev–Trinajstić information content (AvgIpc) is 2.44. The lowest BCUT2D eigenvalue weighted by molar-refractivity contribution is 0.941. The van der Waals surface area contributed by atoms with E-state index in [1.54, 1.807) is 11.8 Å². The SMILES string of the molecule is CCc1c(C)nc(CSc2cccc(Br)c2)nc1NC. The van der Waals surface area contributed by atoms with Gasteiger partial charge in [0.25, 0.3) is 0 Å². The summed E-state index contributed by atoms with van der Waals surface area (Å²) in [7, 11) is 1.91. The van der Waals surface area contributed by atoms with Crippen LogP contribution in [-0.4, -0.2) is 17.0 Å². The van der Waals surface area contributed by atoms with Crippen molar-refractivity contribution in [2.24, 2.45) is 0 Å². The summed E-state index contributed by atoms with van der Waals surface area (Å²) in [5.41, 5.74) is 2.26. The van der Waals surface area contributed by atoms with E-state index in [4.69, 9.17) is 0 Å². The van der Waals surface area contributed by atoms with Gasteiger partial charge in [-0.1, -0.05) is 28.9 Å². The Bertz CT molecular complexity index is 602. The molecule has 0 bridgehead atoms. The third-order valence-corrected chi connectivity index (χ3v) is 4.50. The van der Waals surface area contributed by atoms with E-state index in [0.29, 0.717) is 0 Å². The maximum Gasteiger partial charge on any atom is 0.141 e. The number of aryl methyl sites for hydroxylation is 1. The topological polar surface area (TPSA) is 37.8 Å². The lowest BCUT2D eigenvalue weighted by atomic mass is 10.1. The summed E-state index contributed by atoms with van der Waals surface area (Å²) in [6, 6.07) is 8.27. The standard InChI is InChI=1S/C15H18BrN3S/c1-4-13-10(2)18-14(19-15(13)17-3)9-20-12-7-5-6-11(16)8-12/h5-8H,4,9H2,1-3H3,(H,17,18,19). The van der Waals surface area contributed by atoms with Gasteiger partial charge in [0.05, 0.1) is 5.75 Å². The smallest absolute Gasteiger partial charge is 0.141 e. The molecule has 0 aliphatic carbocycles. The van der Waals surface area contributed by atoms with Crippen molar-refractivity contribution in [3.8, 4) is 0 Å². The molecular weight excluding hydrogens is 334 g/mol. The Hall–Kier alpha value is -1.07. The minimum absolute atomic E-state index is 0.774. The van der Waals surface area contributed by atoms with Crippen molar-refractivity contribution >= 4 is 33.5 Å². The summed E-state index contributed by atoms with van der Waals surface area (Å²) in [4.78, 5) is 10.4. The minimum Gasteiger partial charge on any atom is -0.373 e. The molecule has 0 fully saturated rings. The molecule has 20 heavy (non-hydrogen) atoms. The first-order valence-corrected chi connectivity index (χ1v) is 8.34. The number of benzene rings is 1. The number of nitrogens with one attached hydrogen (secondary N) is 1. The second-order valence-electron chi connectivity index (χ2n) is 4.40. The molecule has 0 aliphatic rings. The molecule has 5 heteroatoms. The number of nitrogens with zero attached hydrogens (tertiary/aromatic N) is 2. The first-order valence-electron chi connectivity index (χ1n) is 6.56. The Morgan fingerprint density at radius 3 is 2.75 bits per heavy atom. The van der Waals surface area contributed by atoms with Gasteiger partial charge in [-0.2, -0.15) is 0 Å². The Morgan fingerprint density at radius 1 is 1.30 bits per heavy atom. The van der Waals surface area contributed by atoms with Crippen LogP contribution < -0.4 is 5.32 Å². The van der Waals surface area contributed by atoms with E-state index in [1.807, 2.05) is 19.2 Å². The van der Waals surface area contributed by atoms with Gasteiger partial charge in [0, 0.05) is 27.7 Å². The van der Waals surface area contributed by atoms with Crippen molar-refractivity contribution in [3.05, 3.63) is 45.8 Å². The second-order valence-corrected chi connectivity index (χ2v) is 6.37. The quantitative estimate of drug-likeness (QED) is 0.807. The van der Waals surface area contributed by atoms with Crippen LogP contribution in [0.3, 0.4) is 0 Å². The maximum atomic E-state index is 4.61. The van der Waals surface area contributed by atoms with Crippen LogP contribution in [0.2, 0.25) is 0 Å². The van der Waals surface area contributed by atoms with Crippen molar-refractivity contribution in [2.45, 2.75) is 30.9 Å². The number of halogens is 1. The second kappa shape index (κ2) is 7.09. The summed E-state index contributed by atoms with van der Waals surface area (Å²) in [6.07, 6.45) is 0.945. The van der Waals surface area contributed by atoms with Gasteiger partial charge in [0.15, 0.2) is 0 Å². The summed E-state index contributed by atoms with van der Waals surface area (Å²) < 4.78 is 1.09. The zero-order valence-electron chi connectivity index (χ0n) is 11.9. The maximum absolute atomic E-state index is 4.61. The summed E-state index contributed by atoms with van der Waals surface area (Å²) in [5.74, 6) is 2.59. The molecule has 1 heterocycles. The molecule has 1 N–H and O–H groups in total. The van der Waals surface area contributed by atoms with E-state index in [9.17, 15) is 0 Å². The van der Waals surface area contributed by atoms with Crippen LogP contribution in [0.25, 0.3) is 0 Å². The van der Waals surface area contributed by atoms with Crippen LogP contribution in [0.1, 0.15) is 24.0 Å². The van der Waals surface area contributed by atoms with Gasteiger partial charge < -0.3 is 5.32 Å². The van der Waals surface area contributed by atoms with Crippen LogP contribution in [0.15, 0.2) is 33.6 Å². The summed E-state index contributed by atoms with van der Waals surface area (Å²) in [5, 5.41) is 3.17. The largest absolute Gasteiger partial charge is 0.373 e. The highest BCUT2D eigenvalue weighted by Crippen LogP contribution is 2.25. The molecule has 2 aromatic rings. The van der Waals surface area contributed by atoms with Crippen LogP contribution >= 0.6 is 27.7 Å². The number of anilines is 1. The van der Waals surface area contributed by atoms with Crippen molar-refractivity contribution < 1.29 is 0 Å². The van der Waals surface area contributed by atoms with Crippen LogP contribution in [0, 0.1) is 6.92 Å². The fraction of sp³-hybridized carbons (Fsp3) is 0.333. The molecular formula is C15H18BrN3S. The lowest BCUT2D eigenvalue weighted by Crippen LogP contribution is -2.06. The zero-order valence-corrected chi connectivity index (χ0v) is 14.3. The Kier molecular flexibility index (Phi) is 5.43. The zero-order chi connectivity index (χ0) is 14.5. The van der Waals surface area contributed by atoms with Crippen molar-refractivity contribution in [1.82, 2.24) is 9.97 Å². The molecule has 0 unspecified atom stereocenters. The van der Waals surface area contributed by atoms with Gasteiger partial charge in [0.2, 0.25) is 0 Å². The lowest BCUT2D eigenvalue weighted by Gasteiger charge is -2.11. The molecule has 106 valence electrons. The van der Waals surface area contributed by atoms with E-state index in [2.05, 4.69) is 57.2 Å². The molecule has 0 atom stereocenters. The van der Waals surface area contributed by atoms with Gasteiger partial charge >= 0.3 is 0 Å². The van der Waals surface area contributed by atoms with E-state index < -0.39 is 0 Å². The van der Waals surface area contributed by atoms with E-state index in [0.717, 1.165) is 34.0 Å². The highest BCUT2D eigenvalue weighted by Gasteiger charge is 2.09. The Morgan fingerprint density at radius 2 is 2.10 bits per heavy atom. The minimum atomic E-state index is 0.774. The molecule has 0 saturated heterocycles. The van der Waals surface area contributed by atoms with Crippen LogP contribution in [-0.2, 0) is 12.2 Å². The van der Waals surface area contributed by atoms with Crippen LogP contribution in [0.5, 0.6) is 0 Å². The molecule has 2 rings (SSSR count). The fourth-order valence-corrected chi connectivity index (χ4v) is 3.41. The molecule has 0 spiro atoms. The highest BCUT2D eigenvalue weighted by atomic mass is 79.9. The van der Waals surface area contributed by atoms with Gasteiger partial charge in [-0.15, -0.1) is 11.8 Å². The first-order chi connectivity index (χ1) is 9.63. The molecule has 0 amide bonds. The van der Waals surface area contributed by atoms with E-state index in [-0.39, 0.29) is 0 Å². The number of thioether (sulfide) groups is 1. The highest BCUT2D eigenvalue weighted by molar-refractivity contribution is 9.10. The molecule has 0 aliphatic heterocycles. The van der Waals surface area contributed by atoms with Crippen molar-refractivity contribution in [1.29, 1.82) is 0 Å². The molecule has 0 saturated carbocycles. The van der Waals surface area contributed by atoms with Crippen molar-refractivity contribution in [3.63, 3.8) is 0 Å². The third kappa shape index (κ3) is 3.73. The number of hydrogen-bond acceptors (Lipinski definition) is 4. The summed E-state index contributed by atoms with van der Waals surface area (Å²) >= 11 is 5.23. The third-order valence-electron chi connectivity index (χ3n) is 3.01. The van der Waals surface area contributed by atoms with Crippen LogP contribution in [0.4, 0.5) is 5.82 Å². The normalized spacial score (nSPS) is 10.6. The predicted molar refractivity (Wildman–Crippen MR) is 89.4 cm³/mol. The van der Waals surface area contributed by atoms with E-state index >= 15 is 0 Å². The predicted octanol–water partition coefficient (Wildman–Crippen LogP) is 4.44. The Balaban J connectivity index is 2.16. The molecule has 0 radical (unpaired) electrons. The fourth-order valence-electron chi connectivity index (χ4n) is 2.05. The number of rotatable bonds is 5. The van der Waals surface area contributed by atoms with Gasteiger partial charge in [-0.3, -0.25) is 0 Å². The number of aromatic nitrogens is 2. The van der Waals surface area contributed by atoms with Gasteiger partial charge in [0.1, 0.15) is 11.6 Å². The van der Waals surface area contributed by atoms with Gasteiger partial charge in [-0.05, 0) is 31.5 Å². The molecule has 1 aromatic heterocycles.